The van der Waals surface area contributed by atoms with Gasteiger partial charge in [0.1, 0.15) is 5.75 Å². The van der Waals surface area contributed by atoms with Gasteiger partial charge >= 0.3 is 0 Å². The van der Waals surface area contributed by atoms with E-state index >= 15 is 0 Å². The number of allylic oxidation sites excluding steroid dienone is 1. The third-order valence-electron chi connectivity index (χ3n) is 5.59. The highest BCUT2D eigenvalue weighted by molar-refractivity contribution is 6.37. The van der Waals surface area contributed by atoms with Gasteiger partial charge in [-0.1, -0.05) is 29.3 Å². The van der Waals surface area contributed by atoms with E-state index in [0.717, 1.165) is 37.1 Å². The minimum atomic E-state index is -0.250. The number of carbonyl (C=O) groups excluding carboxylic acids is 1. The van der Waals surface area contributed by atoms with Gasteiger partial charge in [-0.2, -0.15) is 0 Å². The van der Waals surface area contributed by atoms with Crippen LogP contribution >= 0.6 is 23.2 Å². The molecule has 1 aliphatic heterocycles. The number of piperidine rings is 1. The highest BCUT2D eigenvalue weighted by atomic mass is 35.5. The highest BCUT2D eigenvalue weighted by Gasteiger charge is 2.25. The van der Waals surface area contributed by atoms with Crippen molar-refractivity contribution in [3.8, 4) is 5.75 Å². The lowest BCUT2D eigenvalue weighted by molar-refractivity contribution is 0.104. The normalized spacial score (nSPS) is 16.0. The molecule has 0 unspecified atom stereocenters. The van der Waals surface area contributed by atoms with Crippen molar-refractivity contribution in [1.82, 2.24) is 4.90 Å². The van der Waals surface area contributed by atoms with E-state index in [0.29, 0.717) is 27.1 Å². The first-order valence-corrected chi connectivity index (χ1v) is 10.2. The van der Waals surface area contributed by atoms with Gasteiger partial charge in [0.15, 0.2) is 5.78 Å². The number of halogens is 2. The molecule has 5 heteroatoms. The van der Waals surface area contributed by atoms with Crippen LogP contribution in [-0.2, 0) is 0 Å². The standard InChI is InChI=1S/C23H25Cl2NO2/c1-14-13-21(28)23(15(2)22(14)16-9-11-26(3)12-10-16)20(27)8-7-17-18(24)5-4-6-19(17)25/h4-8,13,16,28H,9-12H2,1-3H3/b8-7+. The summed E-state index contributed by atoms with van der Waals surface area (Å²) in [4.78, 5) is 15.3. The summed E-state index contributed by atoms with van der Waals surface area (Å²) in [5.41, 5.74) is 4.06. The van der Waals surface area contributed by atoms with E-state index in [4.69, 9.17) is 23.2 Å². The van der Waals surface area contributed by atoms with Gasteiger partial charge in [0.05, 0.1) is 5.56 Å². The molecule has 0 bridgehead atoms. The van der Waals surface area contributed by atoms with Crippen LogP contribution in [0.2, 0.25) is 10.0 Å². The second-order valence-corrected chi connectivity index (χ2v) is 8.35. The van der Waals surface area contributed by atoms with E-state index in [-0.39, 0.29) is 11.5 Å². The van der Waals surface area contributed by atoms with Crippen LogP contribution in [0.5, 0.6) is 5.75 Å². The maximum Gasteiger partial charge on any atom is 0.189 e. The molecule has 3 rings (SSSR count). The molecule has 0 amide bonds. The smallest absolute Gasteiger partial charge is 0.189 e. The van der Waals surface area contributed by atoms with Gasteiger partial charge in [-0.15, -0.1) is 0 Å². The Morgan fingerprint density at radius 1 is 1.18 bits per heavy atom. The molecule has 1 heterocycles. The molecule has 148 valence electrons. The van der Waals surface area contributed by atoms with E-state index in [2.05, 4.69) is 11.9 Å². The summed E-state index contributed by atoms with van der Waals surface area (Å²) in [6, 6.07) is 6.92. The molecule has 1 saturated heterocycles. The van der Waals surface area contributed by atoms with Gasteiger partial charge in [0.2, 0.25) is 0 Å². The van der Waals surface area contributed by atoms with Crippen molar-refractivity contribution in [2.45, 2.75) is 32.6 Å². The van der Waals surface area contributed by atoms with Crippen LogP contribution in [0.25, 0.3) is 6.08 Å². The predicted octanol–water partition coefficient (Wildman–Crippen LogP) is 6.02. The molecule has 0 aromatic heterocycles. The number of ketones is 1. The van der Waals surface area contributed by atoms with Crippen LogP contribution in [0.15, 0.2) is 30.3 Å². The predicted molar refractivity (Wildman–Crippen MR) is 117 cm³/mol. The third kappa shape index (κ3) is 4.27. The van der Waals surface area contributed by atoms with Crippen molar-refractivity contribution in [3.05, 3.63) is 68.2 Å². The molecule has 2 aromatic carbocycles. The van der Waals surface area contributed by atoms with Gasteiger partial charge in [-0.3, -0.25) is 4.79 Å². The second-order valence-electron chi connectivity index (χ2n) is 7.54. The Morgan fingerprint density at radius 3 is 2.39 bits per heavy atom. The summed E-state index contributed by atoms with van der Waals surface area (Å²) >= 11 is 12.4. The quantitative estimate of drug-likeness (QED) is 0.488. The van der Waals surface area contributed by atoms with Crippen molar-refractivity contribution in [2.75, 3.05) is 20.1 Å². The maximum absolute atomic E-state index is 12.9. The first-order valence-electron chi connectivity index (χ1n) is 9.47. The number of nitrogens with zero attached hydrogens (tertiary/aromatic N) is 1. The van der Waals surface area contributed by atoms with Crippen molar-refractivity contribution < 1.29 is 9.90 Å². The van der Waals surface area contributed by atoms with Crippen LogP contribution in [0, 0.1) is 13.8 Å². The third-order valence-corrected chi connectivity index (χ3v) is 6.25. The summed E-state index contributed by atoms with van der Waals surface area (Å²) in [7, 11) is 2.13. The molecule has 0 radical (unpaired) electrons. The Balaban J connectivity index is 1.96. The van der Waals surface area contributed by atoms with Crippen molar-refractivity contribution in [2.24, 2.45) is 0 Å². The summed E-state index contributed by atoms with van der Waals surface area (Å²) in [6.45, 7) is 6.02. The molecule has 1 fully saturated rings. The zero-order valence-electron chi connectivity index (χ0n) is 16.4. The Bertz CT molecular complexity index is 908. The number of likely N-dealkylation sites (tertiary alicyclic amines) is 1. The number of rotatable bonds is 4. The van der Waals surface area contributed by atoms with Gasteiger partial charge in [0, 0.05) is 15.6 Å². The van der Waals surface area contributed by atoms with Crippen LogP contribution < -0.4 is 0 Å². The zero-order chi connectivity index (χ0) is 20.4. The number of benzene rings is 2. The van der Waals surface area contributed by atoms with E-state index < -0.39 is 0 Å². The lowest BCUT2D eigenvalue weighted by Gasteiger charge is -2.31. The number of aromatic hydroxyl groups is 1. The van der Waals surface area contributed by atoms with Gasteiger partial charge in [-0.05, 0) is 99.8 Å². The Labute approximate surface area is 176 Å². The number of hydrogen-bond donors (Lipinski definition) is 1. The Hall–Kier alpha value is -1.81. The molecule has 0 aliphatic carbocycles. The molecular formula is C23H25Cl2NO2. The first kappa shape index (κ1) is 20.9. The Kier molecular flexibility index (Phi) is 6.49. The summed E-state index contributed by atoms with van der Waals surface area (Å²) in [5.74, 6) is 0.178. The van der Waals surface area contributed by atoms with Crippen molar-refractivity contribution >= 4 is 35.1 Å². The lowest BCUT2D eigenvalue weighted by atomic mass is 9.81. The fourth-order valence-electron chi connectivity index (χ4n) is 4.13. The molecule has 3 nitrogen and oxygen atoms in total. The molecule has 1 aliphatic rings. The number of hydrogen-bond acceptors (Lipinski definition) is 3. The number of phenols is 1. The monoisotopic (exact) mass is 417 g/mol. The number of phenolic OH excluding ortho intramolecular Hbond substituents is 1. The van der Waals surface area contributed by atoms with Crippen molar-refractivity contribution in [3.63, 3.8) is 0 Å². The van der Waals surface area contributed by atoms with E-state index in [1.54, 1.807) is 30.3 Å². The maximum atomic E-state index is 12.9. The lowest BCUT2D eigenvalue weighted by Crippen LogP contribution is -2.30. The molecular weight excluding hydrogens is 393 g/mol. The van der Waals surface area contributed by atoms with Crippen LogP contribution in [0.3, 0.4) is 0 Å². The molecule has 0 spiro atoms. The first-order chi connectivity index (χ1) is 13.3. The molecule has 0 saturated carbocycles. The minimum Gasteiger partial charge on any atom is -0.507 e. The molecule has 28 heavy (non-hydrogen) atoms. The average Bonchev–Trinajstić information content (AvgIpc) is 2.62. The average molecular weight is 418 g/mol. The SMILES string of the molecule is Cc1cc(O)c(C(=O)/C=C/c2c(Cl)cccc2Cl)c(C)c1C1CCN(C)CC1. The largest absolute Gasteiger partial charge is 0.507 e. The Morgan fingerprint density at radius 2 is 1.79 bits per heavy atom. The van der Waals surface area contributed by atoms with Gasteiger partial charge in [0.25, 0.3) is 0 Å². The highest BCUT2D eigenvalue weighted by Crippen LogP contribution is 2.37. The summed E-state index contributed by atoms with van der Waals surface area (Å²) in [5, 5.41) is 11.5. The zero-order valence-corrected chi connectivity index (χ0v) is 17.9. The van der Waals surface area contributed by atoms with Crippen LogP contribution in [0.4, 0.5) is 0 Å². The number of carbonyl (C=O) groups is 1. The van der Waals surface area contributed by atoms with E-state index in [1.807, 2.05) is 13.8 Å². The molecule has 0 atom stereocenters. The van der Waals surface area contributed by atoms with Gasteiger partial charge < -0.3 is 10.0 Å². The van der Waals surface area contributed by atoms with E-state index in [9.17, 15) is 9.90 Å². The molecule has 2 aromatic rings. The summed E-state index contributed by atoms with van der Waals surface area (Å²) < 4.78 is 0. The van der Waals surface area contributed by atoms with E-state index in [1.165, 1.54) is 11.6 Å². The van der Waals surface area contributed by atoms with Crippen molar-refractivity contribution in [1.29, 1.82) is 0 Å². The fraction of sp³-hybridized carbons (Fsp3) is 0.348. The molecule has 1 N–H and O–H groups in total. The minimum absolute atomic E-state index is 0.0200. The fourth-order valence-corrected chi connectivity index (χ4v) is 4.65. The second kappa shape index (κ2) is 8.69. The summed E-state index contributed by atoms with van der Waals surface area (Å²) in [6.07, 6.45) is 5.16. The number of aryl methyl sites for hydroxylation is 1. The van der Waals surface area contributed by atoms with Gasteiger partial charge in [-0.25, -0.2) is 0 Å². The van der Waals surface area contributed by atoms with Crippen LogP contribution in [0.1, 0.15) is 51.4 Å². The topological polar surface area (TPSA) is 40.5 Å². The van der Waals surface area contributed by atoms with Crippen LogP contribution in [-0.4, -0.2) is 35.9 Å².